The Kier molecular flexibility index (Phi) is 5.30. The lowest BCUT2D eigenvalue weighted by Crippen LogP contribution is -2.53. The van der Waals surface area contributed by atoms with Gasteiger partial charge in [0, 0.05) is 0 Å². The van der Waals surface area contributed by atoms with E-state index in [0.29, 0.717) is 0 Å². The Morgan fingerprint density at radius 2 is 1.65 bits per heavy atom. The molecule has 0 bridgehead atoms. The standard InChI is InChI=1S/C13H10F4O6/c1-2-22-9(18)7-5-3-4-6-8(7)23-11(21)13(16,17)12(14,15)10(19)20/h3-6H,2H2,1H3,(H,19,20). The predicted molar refractivity (Wildman–Crippen MR) is 65.6 cm³/mol. The fourth-order valence-corrected chi connectivity index (χ4v) is 1.36. The first-order valence-corrected chi connectivity index (χ1v) is 6.03. The van der Waals surface area contributed by atoms with Crippen LogP contribution in [0.1, 0.15) is 17.3 Å². The number of carboxylic acid groups (broad SMARTS) is 1. The average molecular weight is 338 g/mol. The molecule has 6 nitrogen and oxygen atoms in total. The number of carbonyl (C=O) groups is 3. The molecule has 0 aromatic heterocycles. The number of para-hydroxylation sites is 1. The molecule has 23 heavy (non-hydrogen) atoms. The van der Waals surface area contributed by atoms with Gasteiger partial charge >= 0.3 is 29.8 Å². The average Bonchev–Trinajstić information content (AvgIpc) is 2.47. The van der Waals surface area contributed by atoms with Crippen LogP contribution in [0.5, 0.6) is 5.75 Å². The third-order valence-electron chi connectivity index (χ3n) is 2.50. The Morgan fingerprint density at radius 1 is 1.09 bits per heavy atom. The van der Waals surface area contributed by atoms with Crippen LogP contribution in [0.4, 0.5) is 17.6 Å². The Bertz CT molecular complexity index is 629. The molecule has 0 aliphatic rings. The first-order valence-electron chi connectivity index (χ1n) is 6.03. The van der Waals surface area contributed by atoms with E-state index in [9.17, 15) is 31.9 Å². The van der Waals surface area contributed by atoms with Gasteiger partial charge in [-0.05, 0) is 19.1 Å². The third kappa shape index (κ3) is 3.58. The number of alkyl halides is 4. The molecule has 0 fully saturated rings. The largest absolute Gasteiger partial charge is 0.477 e. The van der Waals surface area contributed by atoms with E-state index in [2.05, 4.69) is 9.47 Å². The predicted octanol–water partition coefficient (Wildman–Crippen LogP) is 2.12. The Hall–Kier alpha value is -2.65. The zero-order valence-electron chi connectivity index (χ0n) is 11.5. The molecular weight excluding hydrogens is 328 g/mol. The molecule has 0 unspecified atom stereocenters. The highest BCUT2D eigenvalue weighted by Crippen LogP contribution is 2.36. The summed E-state index contributed by atoms with van der Waals surface area (Å²) >= 11 is 0. The van der Waals surface area contributed by atoms with E-state index in [1.54, 1.807) is 0 Å². The van der Waals surface area contributed by atoms with Gasteiger partial charge in [0.05, 0.1) is 6.61 Å². The van der Waals surface area contributed by atoms with Gasteiger partial charge in [0.2, 0.25) is 0 Å². The number of esters is 2. The SMILES string of the molecule is CCOC(=O)c1ccccc1OC(=O)C(F)(F)C(F)(F)C(=O)O. The maximum absolute atomic E-state index is 13.3. The number of aliphatic carboxylic acids is 1. The van der Waals surface area contributed by atoms with Crippen LogP contribution in [0.25, 0.3) is 0 Å². The van der Waals surface area contributed by atoms with Gasteiger partial charge in [0.25, 0.3) is 0 Å². The van der Waals surface area contributed by atoms with Gasteiger partial charge in [0.1, 0.15) is 11.3 Å². The Balaban J connectivity index is 3.11. The van der Waals surface area contributed by atoms with Crippen molar-refractivity contribution in [3.8, 4) is 5.75 Å². The molecule has 1 aromatic rings. The van der Waals surface area contributed by atoms with Crippen molar-refractivity contribution in [2.45, 2.75) is 18.8 Å². The lowest BCUT2D eigenvalue weighted by atomic mass is 10.1. The molecule has 0 aliphatic carbocycles. The van der Waals surface area contributed by atoms with Gasteiger partial charge in [-0.2, -0.15) is 17.6 Å². The van der Waals surface area contributed by atoms with Gasteiger partial charge < -0.3 is 14.6 Å². The molecule has 0 heterocycles. The van der Waals surface area contributed by atoms with Crippen molar-refractivity contribution in [1.29, 1.82) is 0 Å². The number of benzene rings is 1. The quantitative estimate of drug-likeness (QED) is 0.485. The lowest BCUT2D eigenvalue weighted by molar-refractivity contribution is -0.229. The minimum Gasteiger partial charge on any atom is -0.477 e. The van der Waals surface area contributed by atoms with Crippen molar-refractivity contribution in [3.05, 3.63) is 29.8 Å². The monoisotopic (exact) mass is 338 g/mol. The van der Waals surface area contributed by atoms with Gasteiger partial charge in [-0.1, -0.05) is 12.1 Å². The van der Waals surface area contributed by atoms with Gasteiger partial charge in [-0.15, -0.1) is 0 Å². The summed E-state index contributed by atoms with van der Waals surface area (Å²) in [5, 5.41) is 8.09. The van der Waals surface area contributed by atoms with E-state index < -0.39 is 41.1 Å². The molecule has 126 valence electrons. The number of carbonyl (C=O) groups excluding carboxylic acids is 2. The highest BCUT2D eigenvalue weighted by atomic mass is 19.3. The first kappa shape index (κ1) is 18.4. The van der Waals surface area contributed by atoms with Crippen molar-refractivity contribution in [3.63, 3.8) is 0 Å². The number of hydrogen-bond donors (Lipinski definition) is 1. The number of halogens is 4. The molecule has 1 aromatic carbocycles. The van der Waals surface area contributed by atoms with E-state index in [4.69, 9.17) is 5.11 Å². The Morgan fingerprint density at radius 3 is 2.17 bits per heavy atom. The molecule has 10 heteroatoms. The molecule has 0 radical (unpaired) electrons. The molecular formula is C13H10F4O6. The number of hydrogen-bond acceptors (Lipinski definition) is 5. The van der Waals surface area contributed by atoms with Crippen LogP contribution in [0.3, 0.4) is 0 Å². The van der Waals surface area contributed by atoms with Crippen LogP contribution < -0.4 is 4.74 Å². The maximum Gasteiger partial charge on any atom is 0.416 e. The second-order valence-electron chi connectivity index (χ2n) is 4.06. The summed E-state index contributed by atoms with van der Waals surface area (Å²) in [7, 11) is 0. The Labute approximate surface area is 126 Å². The van der Waals surface area contributed by atoms with E-state index in [1.807, 2.05) is 0 Å². The summed E-state index contributed by atoms with van der Waals surface area (Å²) < 4.78 is 61.1. The highest BCUT2D eigenvalue weighted by molar-refractivity contribution is 5.95. The van der Waals surface area contributed by atoms with E-state index in [1.165, 1.54) is 19.1 Å². The van der Waals surface area contributed by atoms with E-state index >= 15 is 0 Å². The topological polar surface area (TPSA) is 89.9 Å². The van der Waals surface area contributed by atoms with Crippen molar-refractivity contribution < 1.29 is 46.5 Å². The maximum atomic E-state index is 13.3. The molecule has 1 rings (SSSR count). The summed E-state index contributed by atoms with van der Waals surface area (Å²) in [5.74, 6) is -19.1. The summed E-state index contributed by atoms with van der Waals surface area (Å²) in [4.78, 5) is 33.0. The zero-order valence-corrected chi connectivity index (χ0v) is 11.5. The second-order valence-corrected chi connectivity index (χ2v) is 4.06. The second kappa shape index (κ2) is 6.63. The summed E-state index contributed by atoms with van der Waals surface area (Å²) in [6.07, 6.45) is 0. The highest BCUT2D eigenvalue weighted by Gasteiger charge is 2.69. The van der Waals surface area contributed by atoms with Crippen LogP contribution in [-0.2, 0) is 14.3 Å². The third-order valence-corrected chi connectivity index (χ3v) is 2.50. The van der Waals surface area contributed by atoms with Gasteiger partial charge in [-0.3, -0.25) is 0 Å². The summed E-state index contributed by atoms with van der Waals surface area (Å²) in [6, 6.07) is 4.40. The van der Waals surface area contributed by atoms with Crippen LogP contribution >= 0.6 is 0 Å². The van der Waals surface area contributed by atoms with Crippen molar-refractivity contribution in [2.75, 3.05) is 6.61 Å². The van der Waals surface area contributed by atoms with Crippen LogP contribution in [0, 0.1) is 0 Å². The number of ether oxygens (including phenoxy) is 2. The summed E-state index contributed by atoms with van der Waals surface area (Å²) in [6.45, 7) is 1.38. The van der Waals surface area contributed by atoms with Gasteiger partial charge in [-0.25, -0.2) is 14.4 Å². The van der Waals surface area contributed by atoms with Gasteiger partial charge in [0.15, 0.2) is 0 Å². The fourth-order valence-electron chi connectivity index (χ4n) is 1.36. The number of carboxylic acids is 1. The minimum absolute atomic E-state index is 0.0750. The zero-order chi connectivity index (χ0) is 17.8. The fraction of sp³-hybridized carbons (Fsp3) is 0.308. The van der Waals surface area contributed by atoms with Crippen LogP contribution in [0.2, 0.25) is 0 Å². The summed E-state index contributed by atoms with van der Waals surface area (Å²) in [5.41, 5.74) is -0.461. The lowest BCUT2D eigenvalue weighted by Gasteiger charge is -2.21. The molecule has 0 atom stereocenters. The van der Waals surface area contributed by atoms with E-state index in [-0.39, 0.29) is 6.61 Å². The van der Waals surface area contributed by atoms with E-state index in [0.717, 1.165) is 12.1 Å². The van der Waals surface area contributed by atoms with Crippen molar-refractivity contribution in [2.24, 2.45) is 0 Å². The molecule has 0 amide bonds. The van der Waals surface area contributed by atoms with Crippen LogP contribution in [0.15, 0.2) is 24.3 Å². The molecule has 0 spiro atoms. The molecule has 0 saturated carbocycles. The smallest absolute Gasteiger partial charge is 0.416 e. The minimum atomic E-state index is -5.68. The first-order chi connectivity index (χ1) is 10.6. The van der Waals surface area contributed by atoms with Crippen LogP contribution in [-0.4, -0.2) is 41.5 Å². The van der Waals surface area contributed by atoms with Crippen molar-refractivity contribution in [1.82, 2.24) is 0 Å². The molecule has 1 N–H and O–H groups in total. The number of rotatable bonds is 6. The normalized spacial score (nSPS) is 11.7. The molecule has 0 saturated heterocycles. The molecule has 0 aliphatic heterocycles. The van der Waals surface area contributed by atoms with Crippen molar-refractivity contribution >= 4 is 17.9 Å².